The van der Waals surface area contributed by atoms with Gasteiger partial charge in [0.15, 0.2) is 5.78 Å². The largest absolute Gasteiger partial charge is 0.294 e. The third-order valence-electron chi connectivity index (χ3n) is 2.71. The SMILES string of the molecule is Cc1nn(C)cc1C(=O)Cc1c(F)cccc1Cl. The van der Waals surface area contributed by atoms with Gasteiger partial charge in [-0.2, -0.15) is 5.10 Å². The summed E-state index contributed by atoms with van der Waals surface area (Å²) in [7, 11) is 1.74. The Balaban J connectivity index is 2.30. The second kappa shape index (κ2) is 4.90. The van der Waals surface area contributed by atoms with E-state index in [4.69, 9.17) is 11.6 Å². The van der Waals surface area contributed by atoms with Crippen molar-refractivity contribution >= 4 is 17.4 Å². The van der Waals surface area contributed by atoms with Gasteiger partial charge in [-0.05, 0) is 19.1 Å². The fraction of sp³-hybridized carbons (Fsp3) is 0.231. The molecule has 2 rings (SSSR count). The second-order valence-corrected chi connectivity index (χ2v) is 4.51. The number of aryl methyl sites for hydroxylation is 2. The first-order chi connectivity index (χ1) is 8.49. The van der Waals surface area contributed by atoms with Crippen LogP contribution in [0.5, 0.6) is 0 Å². The van der Waals surface area contributed by atoms with Gasteiger partial charge in [-0.15, -0.1) is 0 Å². The van der Waals surface area contributed by atoms with Crippen LogP contribution < -0.4 is 0 Å². The summed E-state index contributed by atoms with van der Waals surface area (Å²) in [6, 6.07) is 4.38. The van der Waals surface area contributed by atoms with Crippen molar-refractivity contribution in [3.8, 4) is 0 Å². The van der Waals surface area contributed by atoms with Crippen molar-refractivity contribution in [2.75, 3.05) is 0 Å². The minimum absolute atomic E-state index is 0.0575. The zero-order valence-electron chi connectivity index (χ0n) is 10.1. The number of hydrogen-bond donors (Lipinski definition) is 0. The van der Waals surface area contributed by atoms with Crippen LogP contribution in [0.3, 0.4) is 0 Å². The number of carbonyl (C=O) groups is 1. The lowest BCUT2D eigenvalue weighted by Gasteiger charge is -2.04. The monoisotopic (exact) mass is 266 g/mol. The smallest absolute Gasteiger partial charge is 0.170 e. The van der Waals surface area contributed by atoms with E-state index in [1.54, 1.807) is 30.9 Å². The van der Waals surface area contributed by atoms with E-state index in [0.717, 1.165) is 0 Å². The summed E-state index contributed by atoms with van der Waals surface area (Å²) in [6.07, 6.45) is 1.57. The fourth-order valence-corrected chi connectivity index (χ4v) is 2.06. The molecule has 0 unspecified atom stereocenters. The van der Waals surface area contributed by atoms with Crippen molar-refractivity contribution in [3.63, 3.8) is 0 Å². The minimum atomic E-state index is -0.461. The maximum Gasteiger partial charge on any atom is 0.170 e. The molecule has 0 radical (unpaired) electrons. The van der Waals surface area contributed by atoms with Crippen LogP contribution >= 0.6 is 11.6 Å². The number of halogens is 2. The number of rotatable bonds is 3. The number of Topliss-reactive ketones (excluding diaryl/α,β-unsaturated/α-hetero) is 1. The van der Waals surface area contributed by atoms with Crippen LogP contribution in [0.15, 0.2) is 24.4 Å². The summed E-state index contributed by atoms with van der Waals surface area (Å²) < 4.78 is 15.1. The van der Waals surface area contributed by atoms with Gasteiger partial charge in [0.2, 0.25) is 0 Å². The standard InChI is InChI=1S/C13H12ClFN2O/c1-8-10(7-17(2)16-8)13(18)6-9-11(14)4-3-5-12(9)15/h3-5,7H,6H2,1-2H3. The first-order valence-electron chi connectivity index (χ1n) is 5.45. The van der Waals surface area contributed by atoms with Gasteiger partial charge in [-0.25, -0.2) is 4.39 Å². The lowest BCUT2D eigenvalue weighted by molar-refractivity contribution is 0.0991. The second-order valence-electron chi connectivity index (χ2n) is 4.10. The zero-order valence-corrected chi connectivity index (χ0v) is 10.8. The molecule has 0 N–H and O–H groups in total. The summed E-state index contributed by atoms with van der Waals surface area (Å²) >= 11 is 5.89. The number of carbonyl (C=O) groups excluding carboxylic acids is 1. The molecule has 0 aliphatic heterocycles. The van der Waals surface area contributed by atoms with E-state index in [0.29, 0.717) is 11.3 Å². The van der Waals surface area contributed by atoms with Gasteiger partial charge in [0.25, 0.3) is 0 Å². The van der Waals surface area contributed by atoms with Gasteiger partial charge in [0.05, 0.1) is 11.3 Å². The molecular weight excluding hydrogens is 255 g/mol. The zero-order chi connectivity index (χ0) is 13.3. The molecule has 1 heterocycles. The van der Waals surface area contributed by atoms with Crippen molar-refractivity contribution in [1.82, 2.24) is 9.78 Å². The van der Waals surface area contributed by atoms with E-state index in [-0.39, 0.29) is 22.8 Å². The Kier molecular flexibility index (Phi) is 3.48. The van der Waals surface area contributed by atoms with Gasteiger partial charge in [0.1, 0.15) is 5.82 Å². The normalized spacial score (nSPS) is 10.7. The molecule has 0 saturated heterocycles. The Bertz CT molecular complexity index is 587. The highest BCUT2D eigenvalue weighted by molar-refractivity contribution is 6.31. The molecule has 0 atom stereocenters. The Hall–Kier alpha value is -1.68. The first-order valence-corrected chi connectivity index (χ1v) is 5.83. The summed E-state index contributed by atoms with van der Waals surface area (Å²) in [5.41, 5.74) is 1.36. The van der Waals surface area contributed by atoms with Crippen molar-refractivity contribution in [1.29, 1.82) is 0 Å². The Labute approximate surface area is 109 Å². The number of benzene rings is 1. The molecule has 5 heteroatoms. The average Bonchev–Trinajstić information content (AvgIpc) is 2.63. The molecule has 94 valence electrons. The predicted molar refractivity (Wildman–Crippen MR) is 67.4 cm³/mol. The van der Waals surface area contributed by atoms with Crippen molar-refractivity contribution < 1.29 is 9.18 Å². The quantitative estimate of drug-likeness (QED) is 0.801. The highest BCUT2D eigenvalue weighted by Gasteiger charge is 2.16. The van der Waals surface area contributed by atoms with E-state index in [1.165, 1.54) is 12.1 Å². The Morgan fingerprint density at radius 3 is 2.78 bits per heavy atom. The minimum Gasteiger partial charge on any atom is -0.294 e. The van der Waals surface area contributed by atoms with E-state index < -0.39 is 5.82 Å². The van der Waals surface area contributed by atoms with Crippen LogP contribution in [0.4, 0.5) is 4.39 Å². The van der Waals surface area contributed by atoms with E-state index in [2.05, 4.69) is 5.10 Å². The summed E-state index contributed by atoms with van der Waals surface area (Å²) in [4.78, 5) is 12.1. The van der Waals surface area contributed by atoms with Crippen molar-refractivity contribution in [3.05, 3.63) is 52.1 Å². The molecule has 0 aliphatic carbocycles. The van der Waals surface area contributed by atoms with Crippen molar-refractivity contribution in [2.24, 2.45) is 7.05 Å². The maximum absolute atomic E-state index is 13.6. The number of nitrogens with zero attached hydrogens (tertiary/aromatic N) is 2. The number of hydrogen-bond acceptors (Lipinski definition) is 2. The molecule has 3 nitrogen and oxygen atoms in total. The molecule has 1 aromatic carbocycles. The third-order valence-corrected chi connectivity index (χ3v) is 3.07. The molecule has 0 amide bonds. The van der Waals surface area contributed by atoms with Gasteiger partial charge in [0, 0.05) is 30.3 Å². The summed E-state index contributed by atoms with van der Waals surface area (Å²) in [5.74, 6) is -0.648. The molecule has 1 aromatic heterocycles. The molecule has 0 bridgehead atoms. The fourth-order valence-electron chi connectivity index (χ4n) is 1.83. The molecule has 0 spiro atoms. The van der Waals surface area contributed by atoms with Crippen LogP contribution in [-0.2, 0) is 13.5 Å². The van der Waals surface area contributed by atoms with Gasteiger partial charge < -0.3 is 0 Å². The van der Waals surface area contributed by atoms with Crippen LogP contribution in [0.1, 0.15) is 21.6 Å². The number of ketones is 1. The van der Waals surface area contributed by atoms with Crippen molar-refractivity contribution in [2.45, 2.75) is 13.3 Å². The maximum atomic E-state index is 13.6. The molecular formula is C13H12ClFN2O. The first kappa shape index (κ1) is 12.8. The van der Waals surface area contributed by atoms with E-state index in [9.17, 15) is 9.18 Å². The Morgan fingerprint density at radius 2 is 2.22 bits per heavy atom. The molecule has 0 aliphatic rings. The lowest BCUT2D eigenvalue weighted by atomic mass is 10.0. The van der Waals surface area contributed by atoms with Crippen LogP contribution in [0.2, 0.25) is 5.02 Å². The van der Waals surface area contributed by atoms with Gasteiger partial charge >= 0.3 is 0 Å². The molecule has 0 fully saturated rings. The van der Waals surface area contributed by atoms with Crippen LogP contribution in [0.25, 0.3) is 0 Å². The lowest BCUT2D eigenvalue weighted by Crippen LogP contribution is -2.06. The summed E-state index contributed by atoms with van der Waals surface area (Å²) in [5, 5.41) is 4.36. The predicted octanol–water partition coefficient (Wildman–Crippen LogP) is 2.95. The van der Waals surface area contributed by atoms with Gasteiger partial charge in [-0.1, -0.05) is 17.7 Å². The average molecular weight is 267 g/mol. The van der Waals surface area contributed by atoms with E-state index >= 15 is 0 Å². The Morgan fingerprint density at radius 1 is 1.50 bits per heavy atom. The topological polar surface area (TPSA) is 34.9 Å². The molecule has 18 heavy (non-hydrogen) atoms. The third kappa shape index (κ3) is 2.43. The van der Waals surface area contributed by atoms with E-state index in [1.807, 2.05) is 0 Å². The highest BCUT2D eigenvalue weighted by Crippen LogP contribution is 2.21. The van der Waals surface area contributed by atoms with Crippen LogP contribution in [0, 0.1) is 12.7 Å². The molecule has 2 aromatic rings. The number of aromatic nitrogens is 2. The molecule has 0 saturated carbocycles. The highest BCUT2D eigenvalue weighted by atomic mass is 35.5. The summed E-state index contributed by atoms with van der Waals surface area (Å²) in [6.45, 7) is 1.75. The van der Waals surface area contributed by atoms with Crippen LogP contribution in [-0.4, -0.2) is 15.6 Å². The van der Waals surface area contributed by atoms with Gasteiger partial charge in [-0.3, -0.25) is 9.48 Å².